The van der Waals surface area contributed by atoms with E-state index in [-0.39, 0.29) is 11.6 Å². The number of ether oxygens (including phenoxy) is 1. The van der Waals surface area contributed by atoms with Crippen molar-refractivity contribution in [2.24, 2.45) is 18.8 Å². The largest absolute Gasteiger partial charge is 0.377 e. The van der Waals surface area contributed by atoms with E-state index in [2.05, 4.69) is 22.7 Å². The van der Waals surface area contributed by atoms with Crippen molar-refractivity contribution in [1.82, 2.24) is 20.4 Å². The van der Waals surface area contributed by atoms with Crippen LogP contribution in [0.5, 0.6) is 0 Å². The molecule has 6 heteroatoms. The number of methoxy groups -OCH3 is 1. The van der Waals surface area contributed by atoms with E-state index in [0.29, 0.717) is 5.92 Å². The first-order valence-electron chi connectivity index (χ1n) is 6.96. The van der Waals surface area contributed by atoms with Crippen LogP contribution >= 0.6 is 0 Å². The van der Waals surface area contributed by atoms with Gasteiger partial charge in [-0.25, -0.2) is 0 Å². The summed E-state index contributed by atoms with van der Waals surface area (Å²) in [6, 6.07) is 0.0666. The number of aryl methyl sites for hydroxylation is 1. The van der Waals surface area contributed by atoms with Crippen LogP contribution in [-0.4, -0.2) is 33.7 Å². The zero-order valence-corrected chi connectivity index (χ0v) is 12.1. The third-order valence-corrected chi connectivity index (χ3v) is 4.30. The van der Waals surface area contributed by atoms with Crippen LogP contribution < -0.4 is 11.3 Å². The van der Waals surface area contributed by atoms with Crippen molar-refractivity contribution < 1.29 is 4.74 Å². The minimum Gasteiger partial charge on any atom is -0.377 e. The van der Waals surface area contributed by atoms with Crippen molar-refractivity contribution in [3.8, 4) is 0 Å². The first-order valence-corrected chi connectivity index (χ1v) is 6.96. The van der Waals surface area contributed by atoms with E-state index in [1.165, 1.54) is 12.8 Å². The third kappa shape index (κ3) is 3.13. The minimum atomic E-state index is -0.191. The molecule has 19 heavy (non-hydrogen) atoms. The van der Waals surface area contributed by atoms with Gasteiger partial charge in [-0.15, -0.1) is 5.10 Å². The van der Waals surface area contributed by atoms with Crippen molar-refractivity contribution in [1.29, 1.82) is 0 Å². The predicted molar refractivity (Wildman–Crippen MR) is 73.2 cm³/mol. The van der Waals surface area contributed by atoms with Gasteiger partial charge in [0.25, 0.3) is 0 Å². The summed E-state index contributed by atoms with van der Waals surface area (Å²) in [6.07, 6.45) is 7.22. The Morgan fingerprint density at radius 3 is 3.00 bits per heavy atom. The summed E-state index contributed by atoms with van der Waals surface area (Å²) in [4.78, 5) is 0. The monoisotopic (exact) mass is 267 g/mol. The highest BCUT2D eigenvalue weighted by molar-refractivity contribution is 5.04. The molecule has 1 aliphatic rings. The van der Waals surface area contributed by atoms with Gasteiger partial charge in [0.05, 0.1) is 17.3 Å². The van der Waals surface area contributed by atoms with E-state index >= 15 is 0 Å². The second kappa shape index (κ2) is 5.98. The average molecular weight is 267 g/mol. The molecule has 0 radical (unpaired) electrons. The summed E-state index contributed by atoms with van der Waals surface area (Å²) in [5, 5.41) is 8.11. The highest BCUT2D eigenvalue weighted by atomic mass is 16.5. The molecule has 1 heterocycles. The predicted octanol–water partition coefficient (Wildman–Crippen LogP) is 0.785. The van der Waals surface area contributed by atoms with Gasteiger partial charge in [0.2, 0.25) is 0 Å². The summed E-state index contributed by atoms with van der Waals surface area (Å²) in [7, 11) is 3.66. The molecular weight excluding hydrogens is 242 g/mol. The van der Waals surface area contributed by atoms with Crippen LogP contribution in [0.4, 0.5) is 0 Å². The maximum Gasteiger partial charge on any atom is 0.0850 e. The summed E-state index contributed by atoms with van der Waals surface area (Å²) in [5.74, 6) is 6.45. The molecule has 1 aromatic rings. The topological polar surface area (TPSA) is 78.0 Å². The average Bonchev–Trinajstić information content (AvgIpc) is 2.81. The standard InChI is InChI=1S/C13H25N5O/c1-10-5-4-6-13(8-10,19-3)12(15-14)7-11-9-18(2)17-16-11/h9-10,12,15H,4-8,14H2,1-3H3. The highest BCUT2D eigenvalue weighted by Crippen LogP contribution is 2.37. The molecule has 6 nitrogen and oxygen atoms in total. The number of hydrogen-bond donors (Lipinski definition) is 2. The van der Waals surface area contributed by atoms with Crippen LogP contribution in [0, 0.1) is 5.92 Å². The molecule has 1 fully saturated rings. The molecule has 108 valence electrons. The Kier molecular flexibility index (Phi) is 4.54. The van der Waals surface area contributed by atoms with Gasteiger partial charge in [0.1, 0.15) is 0 Å². The number of hydrogen-bond acceptors (Lipinski definition) is 5. The zero-order valence-electron chi connectivity index (χ0n) is 12.1. The van der Waals surface area contributed by atoms with E-state index in [4.69, 9.17) is 10.6 Å². The third-order valence-electron chi connectivity index (χ3n) is 4.30. The van der Waals surface area contributed by atoms with Gasteiger partial charge in [0.15, 0.2) is 0 Å². The number of nitrogens with zero attached hydrogens (tertiary/aromatic N) is 3. The van der Waals surface area contributed by atoms with Gasteiger partial charge in [-0.2, -0.15) is 0 Å². The highest BCUT2D eigenvalue weighted by Gasteiger charge is 2.42. The lowest BCUT2D eigenvalue weighted by atomic mass is 9.73. The van der Waals surface area contributed by atoms with Gasteiger partial charge in [-0.3, -0.25) is 16.0 Å². The fraction of sp³-hybridized carbons (Fsp3) is 0.846. The molecule has 3 unspecified atom stereocenters. The quantitative estimate of drug-likeness (QED) is 0.609. The molecule has 2 rings (SSSR count). The van der Waals surface area contributed by atoms with E-state index in [0.717, 1.165) is 25.0 Å². The molecule has 1 aliphatic carbocycles. The van der Waals surface area contributed by atoms with E-state index in [1.54, 1.807) is 11.8 Å². The lowest BCUT2D eigenvalue weighted by Crippen LogP contribution is -2.57. The summed E-state index contributed by atoms with van der Waals surface area (Å²) in [6.45, 7) is 2.28. The second-order valence-electron chi connectivity index (χ2n) is 5.78. The fourth-order valence-corrected chi connectivity index (χ4v) is 3.28. The molecule has 3 N–H and O–H groups in total. The van der Waals surface area contributed by atoms with Crippen LogP contribution in [-0.2, 0) is 18.2 Å². The lowest BCUT2D eigenvalue weighted by Gasteiger charge is -2.44. The van der Waals surface area contributed by atoms with Crippen molar-refractivity contribution in [3.63, 3.8) is 0 Å². The SMILES string of the molecule is COC1(C(Cc2cn(C)nn2)NN)CCCC(C)C1. The first kappa shape index (κ1) is 14.4. The lowest BCUT2D eigenvalue weighted by molar-refractivity contribution is -0.0793. The van der Waals surface area contributed by atoms with Gasteiger partial charge in [-0.05, 0) is 18.8 Å². The number of aromatic nitrogens is 3. The minimum absolute atomic E-state index is 0.0666. The van der Waals surface area contributed by atoms with Crippen molar-refractivity contribution >= 4 is 0 Å². The van der Waals surface area contributed by atoms with E-state index in [1.807, 2.05) is 13.2 Å². The van der Waals surface area contributed by atoms with Gasteiger partial charge in [-0.1, -0.05) is 25.0 Å². The summed E-state index contributed by atoms with van der Waals surface area (Å²) >= 11 is 0. The molecular formula is C13H25N5O. The Labute approximate surface area is 114 Å². The molecule has 1 aromatic heterocycles. The Morgan fingerprint density at radius 2 is 2.47 bits per heavy atom. The first-order chi connectivity index (χ1) is 9.09. The van der Waals surface area contributed by atoms with Gasteiger partial charge >= 0.3 is 0 Å². The maximum atomic E-state index is 5.88. The van der Waals surface area contributed by atoms with Crippen LogP contribution in [0.3, 0.4) is 0 Å². The number of nitrogens with one attached hydrogen (secondary N) is 1. The Bertz CT molecular complexity index is 407. The molecule has 0 saturated heterocycles. The van der Waals surface area contributed by atoms with Crippen molar-refractivity contribution in [2.45, 2.75) is 50.7 Å². The number of rotatable bonds is 5. The molecule has 0 aliphatic heterocycles. The molecule has 0 amide bonds. The smallest absolute Gasteiger partial charge is 0.0850 e. The molecule has 1 saturated carbocycles. The maximum absolute atomic E-state index is 5.88. The molecule has 3 atom stereocenters. The van der Waals surface area contributed by atoms with Crippen molar-refractivity contribution in [2.75, 3.05) is 7.11 Å². The number of hydrazine groups is 1. The molecule has 0 bridgehead atoms. The summed E-state index contributed by atoms with van der Waals surface area (Å²) in [5.41, 5.74) is 3.69. The molecule has 0 aromatic carbocycles. The Balaban J connectivity index is 2.13. The van der Waals surface area contributed by atoms with Gasteiger partial charge < -0.3 is 4.74 Å². The Morgan fingerprint density at radius 1 is 1.68 bits per heavy atom. The van der Waals surface area contributed by atoms with Gasteiger partial charge in [0, 0.05) is 26.8 Å². The molecule has 0 spiro atoms. The van der Waals surface area contributed by atoms with Crippen LogP contribution in [0.25, 0.3) is 0 Å². The van der Waals surface area contributed by atoms with Crippen LogP contribution in [0.15, 0.2) is 6.20 Å². The number of nitrogens with two attached hydrogens (primary N) is 1. The van der Waals surface area contributed by atoms with Crippen molar-refractivity contribution in [3.05, 3.63) is 11.9 Å². The second-order valence-corrected chi connectivity index (χ2v) is 5.78. The fourth-order valence-electron chi connectivity index (χ4n) is 3.28. The van der Waals surface area contributed by atoms with Crippen LogP contribution in [0.1, 0.15) is 38.3 Å². The van der Waals surface area contributed by atoms with E-state index < -0.39 is 0 Å². The summed E-state index contributed by atoms with van der Waals surface area (Å²) < 4.78 is 7.60. The normalized spacial score (nSPS) is 29.4. The van der Waals surface area contributed by atoms with E-state index in [9.17, 15) is 0 Å². The van der Waals surface area contributed by atoms with Crippen LogP contribution in [0.2, 0.25) is 0 Å². The zero-order chi connectivity index (χ0) is 13.9. The Hall–Kier alpha value is -0.980.